The Kier molecular flexibility index (Phi) is 27.8. The molecule has 8 rings (SSSR count). The fourth-order valence-corrected chi connectivity index (χ4v) is 12.3. The maximum Gasteiger partial charge on any atom is 0.305 e. The van der Waals surface area contributed by atoms with Crippen LogP contribution in [0.3, 0.4) is 0 Å². The predicted octanol–water partition coefficient (Wildman–Crippen LogP) is -12.4. The van der Waals surface area contributed by atoms with Gasteiger partial charge in [0, 0.05) is 31.8 Å². The maximum absolute atomic E-state index is 15.2. The highest BCUT2D eigenvalue weighted by molar-refractivity contribution is 5.98. The van der Waals surface area contributed by atoms with Gasteiger partial charge < -0.3 is 138 Å². The Morgan fingerprint density at radius 1 is 0.622 bits per heavy atom. The molecule has 6 fully saturated rings. The molecule has 0 aliphatic carbocycles. The van der Waals surface area contributed by atoms with Crippen molar-refractivity contribution in [3.8, 4) is 5.75 Å². The lowest BCUT2D eigenvalue weighted by Gasteiger charge is -2.47. The monoisotopic (exact) mass is 1400 g/mol. The molecule has 6 aliphatic rings. The van der Waals surface area contributed by atoms with E-state index in [0.717, 1.165) is 11.3 Å². The highest BCUT2D eigenvalue weighted by atomic mass is 16.7. The van der Waals surface area contributed by atoms with Crippen LogP contribution < -0.4 is 64.1 Å². The summed E-state index contributed by atoms with van der Waals surface area (Å²) in [6, 6.07) is 1.17. The first-order chi connectivity index (χ1) is 46.7. The van der Waals surface area contributed by atoms with Gasteiger partial charge in [-0.3, -0.25) is 49.5 Å². The molecule has 27 atom stereocenters. The molecule has 0 spiro atoms. The summed E-state index contributed by atoms with van der Waals surface area (Å²) < 4.78 is 34.6. The minimum atomic E-state index is -2.31. The summed E-state index contributed by atoms with van der Waals surface area (Å²) in [6.45, 7) is -1.44. The average molecular weight is 1400 g/mol. The van der Waals surface area contributed by atoms with E-state index in [1.807, 2.05) is 6.92 Å². The number of hydrogen-bond donors (Lipinski definition) is 24. The Hall–Kier alpha value is -6.39. The number of unbranched alkanes of at least 4 members (excludes halogenated alkanes) is 2. The van der Waals surface area contributed by atoms with Crippen LogP contribution in [0.4, 0.5) is 0 Å². The molecule has 38 nitrogen and oxygen atoms in total. The molecule has 0 bridgehead atoms. The highest BCUT2D eigenvalue weighted by Crippen LogP contribution is 2.33. The third-order valence-corrected chi connectivity index (χ3v) is 18.1. The Morgan fingerprint density at radius 3 is 1.87 bits per heavy atom. The summed E-state index contributed by atoms with van der Waals surface area (Å²) in [5, 5.41) is 165. The lowest BCUT2D eigenvalue weighted by molar-refractivity contribution is -0.352. The quantitative estimate of drug-likeness (QED) is 0.0384. The standard InChI is InChI=1S/C60H92N12O26/c1-3-4-6-11-36(77)93-23-34-50(98-58-48(86)45(83)43(81)33(22-75)96-58)46(84)49(87)57(97-34)94-27-14-12-25(13-15-27)16-28-52(89)70-38(40(78)29-17-64-59(61)68-29)55(92)71-39(41(79)31-18-65-60(62)72(31)56-47(85)44(82)42(80)32(21-74)95-56)54(91)67-30(20-73)51(88)63-19-35(76)69-37(53(90)66-28)24(2)26-9-7-5-8-10-26/h5,7-10,12-15,24,28-34,37-50,56-60,64-65,68,73-75,78-87H,3-4,6,11,16-23,61-62H2,1-2H3,(H,63,88)(H,66,90)(H,67,91)(H,69,76)(H,70,89)(H,71,92)/t24-,28+,29-,30-,31-,32+,33+,34+,37-,38-,39+,40-,41-,42+,43+,44-,45-,46+,47-,48-,49-,50+,56-,57-,58+,59?,60?/m0/s1. The molecule has 38 heteroatoms. The van der Waals surface area contributed by atoms with E-state index in [9.17, 15) is 90.4 Å². The van der Waals surface area contributed by atoms with Gasteiger partial charge in [0.1, 0.15) is 141 Å². The van der Waals surface area contributed by atoms with Crippen molar-refractivity contribution in [2.45, 2.75) is 211 Å². The van der Waals surface area contributed by atoms with E-state index in [1.54, 1.807) is 37.3 Å². The summed E-state index contributed by atoms with van der Waals surface area (Å²) in [7, 11) is 0. The minimum Gasteiger partial charge on any atom is -0.463 e. The molecular formula is C60H92N12O26. The van der Waals surface area contributed by atoms with Gasteiger partial charge in [-0.25, -0.2) is 4.90 Å². The van der Waals surface area contributed by atoms with Crippen molar-refractivity contribution >= 4 is 41.4 Å². The van der Waals surface area contributed by atoms with Gasteiger partial charge >= 0.3 is 5.97 Å². The highest BCUT2D eigenvalue weighted by Gasteiger charge is 2.55. The van der Waals surface area contributed by atoms with Gasteiger partial charge in [0.2, 0.25) is 41.7 Å². The Labute approximate surface area is 560 Å². The summed E-state index contributed by atoms with van der Waals surface area (Å²) in [6.07, 6.45) is -32.1. The molecule has 6 aliphatic heterocycles. The van der Waals surface area contributed by atoms with Gasteiger partial charge in [0.25, 0.3) is 0 Å². The third-order valence-electron chi connectivity index (χ3n) is 18.1. The van der Waals surface area contributed by atoms with E-state index in [2.05, 4.69) is 47.9 Å². The van der Waals surface area contributed by atoms with Crippen molar-refractivity contribution in [3.63, 3.8) is 0 Å². The molecule has 2 aromatic carbocycles. The first kappa shape index (κ1) is 77.3. The van der Waals surface area contributed by atoms with Gasteiger partial charge in [-0.2, -0.15) is 0 Å². The Balaban J connectivity index is 1.11. The Morgan fingerprint density at radius 2 is 1.22 bits per heavy atom. The zero-order valence-electron chi connectivity index (χ0n) is 53.5. The number of benzene rings is 2. The number of carbonyl (C=O) groups excluding carboxylic acids is 7. The second kappa shape index (κ2) is 35.3. The van der Waals surface area contributed by atoms with Crippen molar-refractivity contribution in [2.75, 3.05) is 46.1 Å². The second-order valence-corrected chi connectivity index (χ2v) is 24.9. The van der Waals surface area contributed by atoms with E-state index < -0.39 is 252 Å². The van der Waals surface area contributed by atoms with E-state index in [4.69, 9.17) is 39.9 Å². The van der Waals surface area contributed by atoms with Crippen molar-refractivity contribution in [2.24, 2.45) is 11.5 Å². The number of nitrogens with zero attached hydrogens (tertiary/aromatic N) is 1. The maximum atomic E-state index is 15.2. The number of ether oxygens (including phenoxy) is 6. The summed E-state index contributed by atoms with van der Waals surface area (Å²) in [4.78, 5) is 102. The lowest BCUT2D eigenvalue weighted by atomic mass is 9.92. The first-order valence-electron chi connectivity index (χ1n) is 32.2. The number of nitrogens with one attached hydrogen (secondary N) is 9. The van der Waals surface area contributed by atoms with Crippen molar-refractivity contribution in [1.82, 2.24) is 52.8 Å². The number of nitrogens with two attached hydrogens (primary N) is 2. The first-order valence-corrected chi connectivity index (χ1v) is 32.2. The number of rotatable bonds is 22. The number of carbonyl (C=O) groups is 7. The number of amides is 6. The SMILES string of the molecule is CCCCCC(=O)OC[C@H]1O[C@H](Oc2ccc(C[C@H]3NC(=O)[C@H]([C@@H](C)c4ccccc4)NC(=O)CNC(=O)[C@H](CO)NC(=O)[C@@H]([C@@H](O)[C@@H]4CNC(N)N4[C@H]4O[C@H](CO)[C@@H](O)[C@H](O)[C@@H]4O)NC(=O)[C@H]([C@@H](O)[C@@H]4CNC(N)N4)NC3=O)cc2)[C@@H](O)[C@@H](O)[C@@H]1O[C@H]1O[C@H](CO)[C@@H](O)[C@H](O)[C@@H]1O. The number of aliphatic hydroxyl groups is 13. The summed E-state index contributed by atoms with van der Waals surface area (Å²) in [5.41, 5.74) is 13.2. The summed E-state index contributed by atoms with van der Waals surface area (Å²) in [5.74, 6) is -8.87. The molecule has 6 amide bonds. The van der Waals surface area contributed by atoms with Gasteiger partial charge in [-0.15, -0.1) is 0 Å². The molecule has 2 unspecified atom stereocenters. The van der Waals surface area contributed by atoms with Crippen LogP contribution >= 0.6 is 0 Å². The van der Waals surface area contributed by atoms with E-state index >= 15 is 9.59 Å². The molecule has 0 radical (unpaired) electrons. The lowest BCUT2D eigenvalue weighted by Crippen LogP contribution is -2.70. The van der Waals surface area contributed by atoms with Crippen LogP contribution in [0.25, 0.3) is 0 Å². The fourth-order valence-electron chi connectivity index (χ4n) is 12.3. The van der Waals surface area contributed by atoms with Crippen LogP contribution in [-0.2, 0) is 63.7 Å². The predicted molar refractivity (Wildman–Crippen MR) is 330 cm³/mol. The number of aliphatic hydroxyl groups excluding tert-OH is 13. The molecule has 26 N–H and O–H groups in total. The van der Waals surface area contributed by atoms with Gasteiger partial charge in [-0.1, -0.05) is 69.2 Å². The van der Waals surface area contributed by atoms with Crippen molar-refractivity contribution < 1.29 is 128 Å². The summed E-state index contributed by atoms with van der Waals surface area (Å²) >= 11 is 0. The zero-order valence-corrected chi connectivity index (χ0v) is 53.5. The largest absolute Gasteiger partial charge is 0.463 e. The van der Waals surface area contributed by atoms with Gasteiger partial charge in [0.15, 0.2) is 6.29 Å². The molecule has 6 saturated heterocycles. The molecule has 98 heavy (non-hydrogen) atoms. The molecule has 6 heterocycles. The van der Waals surface area contributed by atoms with Gasteiger partial charge in [0.05, 0.1) is 44.6 Å². The number of esters is 1. The van der Waals surface area contributed by atoms with E-state index in [1.165, 1.54) is 24.3 Å². The molecular weight excluding hydrogens is 1300 g/mol. The number of hydrogen-bond acceptors (Lipinski definition) is 32. The van der Waals surface area contributed by atoms with E-state index in [0.29, 0.717) is 18.4 Å². The zero-order chi connectivity index (χ0) is 71.4. The molecule has 548 valence electrons. The normalized spacial score (nSPS) is 37.6. The average Bonchev–Trinajstić information content (AvgIpc) is 1.39. The van der Waals surface area contributed by atoms with Crippen LogP contribution in [0.15, 0.2) is 54.6 Å². The third kappa shape index (κ3) is 18.6. The van der Waals surface area contributed by atoms with Crippen LogP contribution in [0.2, 0.25) is 0 Å². The Bertz CT molecular complexity index is 2970. The molecule has 0 saturated carbocycles. The smallest absolute Gasteiger partial charge is 0.305 e. The van der Waals surface area contributed by atoms with Crippen molar-refractivity contribution in [3.05, 3.63) is 65.7 Å². The van der Waals surface area contributed by atoms with Gasteiger partial charge in [-0.05, 0) is 29.7 Å². The minimum absolute atomic E-state index is 0.00399. The van der Waals surface area contributed by atoms with Crippen LogP contribution in [-0.4, -0.2) is 318 Å². The molecule has 0 aromatic heterocycles. The topological polar surface area (TPSA) is 601 Å². The van der Waals surface area contributed by atoms with Crippen molar-refractivity contribution in [1.29, 1.82) is 0 Å². The van der Waals surface area contributed by atoms with Crippen LogP contribution in [0.5, 0.6) is 5.75 Å². The van der Waals surface area contributed by atoms with Crippen LogP contribution in [0.1, 0.15) is 56.6 Å². The molecule has 2 aromatic rings. The fraction of sp³-hybridized carbons (Fsp3) is 0.683. The second-order valence-electron chi connectivity index (χ2n) is 24.9. The van der Waals surface area contributed by atoms with E-state index in [-0.39, 0.29) is 24.3 Å². The van der Waals surface area contributed by atoms with Crippen LogP contribution in [0, 0.1) is 0 Å².